The molecule has 3 rings (SSSR count). The van der Waals surface area contributed by atoms with Gasteiger partial charge in [-0.3, -0.25) is 4.79 Å². The summed E-state index contributed by atoms with van der Waals surface area (Å²) in [7, 11) is -3.97. The number of amides is 1. The average Bonchev–Trinajstić information content (AvgIpc) is 2.85. The summed E-state index contributed by atoms with van der Waals surface area (Å²) in [6.07, 6.45) is 4.05. The molecule has 1 aromatic carbocycles. The molecule has 0 bridgehead atoms. The maximum absolute atomic E-state index is 12.8. The van der Waals surface area contributed by atoms with Crippen molar-refractivity contribution in [1.29, 1.82) is 0 Å². The van der Waals surface area contributed by atoms with Crippen molar-refractivity contribution in [3.8, 4) is 0 Å². The first-order valence-electron chi connectivity index (χ1n) is 11.3. The van der Waals surface area contributed by atoms with E-state index in [0.717, 1.165) is 40.8 Å². The van der Waals surface area contributed by atoms with E-state index in [1.54, 1.807) is 18.2 Å². The number of piperazine rings is 1. The van der Waals surface area contributed by atoms with E-state index in [-0.39, 0.29) is 17.0 Å². The number of hydrogen-bond acceptors (Lipinski definition) is 7. The number of nitrogens with one attached hydrogen (secondary N) is 1. The van der Waals surface area contributed by atoms with Crippen molar-refractivity contribution >= 4 is 49.9 Å². The van der Waals surface area contributed by atoms with Crippen LogP contribution in [0.1, 0.15) is 24.5 Å². The molecule has 202 valence electrons. The Hall–Kier alpha value is -3.00. The van der Waals surface area contributed by atoms with Crippen molar-refractivity contribution in [3.63, 3.8) is 0 Å². The SMILES string of the molecule is C[C@@]1(C(=O)O)CC(C(=O)O)=CC=C1S(=O)(=O)CC=Cc1ccc(Br)cc1CN.O=C(O)N1CCNCC1. The monoisotopic (exact) mass is 599 g/mol. The van der Waals surface area contributed by atoms with Gasteiger partial charge in [-0.1, -0.05) is 40.2 Å². The maximum atomic E-state index is 12.8. The third kappa shape index (κ3) is 7.99. The normalized spacial score (nSPS) is 19.9. The lowest BCUT2D eigenvalue weighted by atomic mass is 9.80. The molecule has 1 aliphatic heterocycles. The van der Waals surface area contributed by atoms with Gasteiger partial charge in [-0.15, -0.1) is 0 Å². The number of carboxylic acids is 2. The lowest BCUT2D eigenvalue weighted by Crippen LogP contribution is -2.45. The van der Waals surface area contributed by atoms with Crippen LogP contribution in [0.3, 0.4) is 0 Å². The van der Waals surface area contributed by atoms with Crippen molar-refractivity contribution in [2.45, 2.75) is 19.9 Å². The predicted octanol–water partition coefficient (Wildman–Crippen LogP) is 2.29. The molecule has 1 fully saturated rings. The van der Waals surface area contributed by atoms with Gasteiger partial charge in [0.25, 0.3) is 0 Å². The summed E-state index contributed by atoms with van der Waals surface area (Å²) in [5, 5.41) is 30.2. The molecular weight excluding hydrogens is 570 g/mol. The molecule has 1 heterocycles. The zero-order valence-corrected chi connectivity index (χ0v) is 22.6. The number of halogens is 1. The molecule has 6 N–H and O–H groups in total. The van der Waals surface area contributed by atoms with Gasteiger partial charge in [0.05, 0.1) is 10.7 Å². The van der Waals surface area contributed by atoms with Crippen molar-refractivity contribution in [3.05, 3.63) is 62.5 Å². The standard InChI is InChI=1S/C19H20BrNO6S.C5H10N2O2/c1-19(18(24)25)10-13(17(22)23)5-7-16(19)28(26,27)8-2-3-12-4-6-15(20)9-14(12)11-21;8-5(9)7-3-1-6-2-4-7/h2-7,9H,8,10-11,21H2,1H3,(H,22,23)(H,24,25);6H,1-4H2,(H,8,9)/t19-;/m1./s1. The van der Waals surface area contributed by atoms with Gasteiger partial charge in [0.15, 0.2) is 9.84 Å². The lowest BCUT2D eigenvalue weighted by Gasteiger charge is -2.30. The van der Waals surface area contributed by atoms with Crippen LogP contribution >= 0.6 is 15.9 Å². The number of nitrogens with zero attached hydrogens (tertiary/aromatic N) is 1. The first kappa shape index (κ1) is 30.2. The summed E-state index contributed by atoms with van der Waals surface area (Å²) in [5.74, 6) is -3.08. The predicted molar refractivity (Wildman–Crippen MR) is 141 cm³/mol. The Morgan fingerprint density at radius 1 is 1.16 bits per heavy atom. The molecule has 1 aromatic rings. The number of carboxylic acid groups (broad SMARTS) is 3. The quantitative estimate of drug-likeness (QED) is 0.311. The molecule has 1 amide bonds. The second-order valence-electron chi connectivity index (χ2n) is 8.59. The summed E-state index contributed by atoms with van der Waals surface area (Å²) < 4.78 is 26.4. The van der Waals surface area contributed by atoms with Gasteiger partial charge in [0, 0.05) is 49.2 Å². The van der Waals surface area contributed by atoms with Crippen LogP contribution in [0.2, 0.25) is 0 Å². The molecule has 2 aliphatic rings. The van der Waals surface area contributed by atoms with Crippen molar-refractivity contribution in [1.82, 2.24) is 10.2 Å². The number of carbonyl (C=O) groups is 3. The number of rotatable bonds is 7. The summed E-state index contributed by atoms with van der Waals surface area (Å²) in [6.45, 7) is 4.31. The van der Waals surface area contributed by atoms with Crippen molar-refractivity contribution in [2.75, 3.05) is 31.9 Å². The second kappa shape index (κ2) is 13.0. The number of nitrogens with two attached hydrogens (primary N) is 1. The molecule has 0 saturated carbocycles. The molecular formula is C24H30BrN3O8S. The minimum atomic E-state index is -3.97. The van der Waals surface area contributed by atoms with Crippen LogP contribution in [0, 0.1) is 5.41 Å². The van der Waals surface area contributed by atoms with Crippen LogP contribution in [-0.4, -0.2) is 78.6 Å². The van der Waals surface area contributed by atoms with Crippen LogP contribution < -0.4 is 11.1 Å². The topological polar surface area (TPSA) is 187 Å². The van der Waals surface area contributed by atoms with Gasteiger partial charge < -0.3 is 31.3 Å². The molecule has 0 radical (unpaired) electrons. The fourth-order valence-corrected chi connectivity index (χ4v) is 5.88. The number of hydrogen-bond donors (Lipinski definition) is 5. The highest BCUT2D eigenvalue weighted by Crippen LogP contribution is 2.41. The summed E-state index contributed by atoms with van der Waals surface area (Å²) >= 11 is 3.34. The zero-order valence-electron chi connectivity index (χ0n) is 20.2. The summed E-state index contributed by atoms with van der Waals surface area (Å²) in [5.41, 5.74) is 5.29. The number of sulfone groups is 1. The van der Waals surface area contributed by atoms with E-state index in [1.807, 2.05) is 6.07 Å². The smallest absolute Gasteiger partial charge is 0.407 e. The molecule has 13 heteroatoms. The summed E-state index contributed by atoms with van der Waals surface area (Å²) in [4.78, 5) is 34.3. The molecule has 1 saturated heterocycles. The van der Waals surface area contributed by atoms with E-state index in [2.05, 4.69) is 21.2 Å². The molecule has 1 aliphatic carbocycles. The number of aliphatic carboxylic acids is 2. The minimum Gasteiger partial charge on any atom is -0.481 e. The highest BCUT2D eigenvalue weighted by Gasteiger charge is 2.46. The highest BCUT2D eigenvalue weighted by molar-refractivity contribution is 9.10. The molecule has 0 spiro atoms. The fraction of sp³-hybridized carbons (Fsp3) is 0.375. The first-order valence-corrected chi connectivity index (χ1v) is 13.7. The third-order valence-corrected chi connectivity index (χ3v) is 8.31. The Kier molecular flexibility index (Phi) is 10.6. The highest BCUT2D eigenvalue weighted by atomic mass is 79.9. The minimum absolute atomic E-state index is 0.151. The zero-order chi connectivity index (χ0) is 27.8. The maximum Gasteiger partial charge on any atom is 0.407 e. The van der Waals surface area contributed by atoms with Gasteiger partial charge in [0.1, 0.15) is 5.41 Å². The number of benzene rings is 1. The molecule has 0 aromatic heterocycles. The van der Waals surface area contributed by atoms with Gasteiger partial charge in [-0.25, -0.2) is 18.0 Å². The Balaban J connectivity index is 0.000000449. The Morgan fingerprint density at radius 2 is 1.81 bits per heavy atom. The van der Waals surface area contributed by atoms with Gasteiger partial charge in [-0.2, -0.15) is 0 Å². The van der Waals surface area contributed by atoms with Gasteiger partial charge in [0.2, 0.25) is 0 Å². The Morgan fingerprint density at radius 3 is 2.32 bits per heavy atom. The van der Waals surface area contributed by atoms with Gasteiger partial charge in [-0.05, 0) is 36.3 Å². The van der Waals surface area contributed by atoms with Crippen molar-refractivity contribution < 1.29 is 38.1 Å². The van der Waals surface area contributed by atoms with Crippen LogP contribution in [0.15, 0.2) is 51.4 Å². The van der Waals surface area contributed by atoms with E-state index >= 15 is 0 Å². The fourth-order valence-electron chi connectivity index (χ4n) is 3.82. The largest absolute Gasteiger partial charge is 0.481 e. The van der Waals surface area contributed by atoms with Gasteiger partial charge >= 0.3 is 18.0 Å². The molecule has 1 atom stereocenters. The lowest BCUT2D eigenvalue weighted by molar-refractivity contribution is -0.145. The first-order chi connectivity index (χ1) is 17.3. The third-order valence-electron chi connectivity index (χ3n) is 5.93. The molecule has 11 nitrogen and oxygen atoms in total. The van der Waals surface area contributed by atoms with E-state index in [4.69, 9.17) is 15.9 Å². The average molecular weight is 600 g/mol. The Labute approximate surface area is 223 Å². The number of allylic oxidation sites excluding steroid dienone is 2. The summed E-state index contributed by atoms with van der Waals surface area (Å²) in [6, 6.07) is 5.42. The van der Waals surface area contributed by atoms with Crippen LogP contribution in [0.4, 0.5) is 4.79 Å². The Bertz CT molecular complexity index is 1240. The van der Waals surface area contributed by atoms with E-state index in [9.17, 15) is 27.9 Å². The molecule has 0 unspecified atom stereocenters. The van der Waals surface area contributed by atoms with E-state index in [1.165, 1.54) is 17.9 Å². The van der Waals surface area contributed by atoms with E-state index in [0.29, 0.717) is 13.1 Å². The molecule has 37 heavy (non-hydrogen) atoms. The second-order valence-corrected chi connectivity index (χ2v) is 11.5. The van der Waals surface area contributed by atoms with Crippen LogP contribution in [0.5, 0.6) is 0 Å². The van der Waals surface area contributed by atoms with Crippen molar-refractivity contribution in [2.24, 2.45) is 11.1 Å². The van der Waals surface area contributed by atoms with Crippen LogP contribution in [0.25, 0.3) is 6.08 Å². The van der Waals surface area contributed by atoms with E-state index < -0.39 is 45.5 Å². The van der Waals surface area contributed by atoms with Crippen LogP contribution in [-0.2, 0) is 26.0 Å².